The van der Waals surface area contributed by atoms with E-state index >= 15 is 0 Å². The number of nitrogens with one attached hydrogen (secondary N) is 1. The van der Waals surface area contributed by atoms with Gasteiger partial charge in [-0.1, -0.05) is 6.92 Å². The Labute approximate surface area is 121 Å². The van der Waals surface area contributed by atoms with Crippen LogP contribution in [0.15, 0.2) is 12.1 Å². The van der Waals surface area contributed by atoms with Gasteiger partial charge in [0.05, 0.1) is 5.52 Å². The molecule has 0 bridgehead atoms. The van der Waals surface area contributed by atoms with Crippen molar-refractivity contribution in [2.75, 3.05) is 19.6 Å². The minimum atomic E-state index is -0.830. The second-order valence-electron chi connectivity index (χ2n) is 5.25. The third kappa shape index (κ3) is 2.16. The Morgan fingerprint density at radius 1 is 1.40 bits per heavy atom. The highest BCUT2D eigenvalue weighted by Gasteiger charge is 2.24. The molecule has 0 radical (unpaired) electrons. The van der Waals surface area contributed by atoms with Crippen LogP contribution in [0.2, 0.25) is 0 Å². The molecule has 1 fully saturated rings. The lowest BCUT2D eigenvalue weighted by Crippen LogP contribution is -2.36. The van der Waals surface area contributed by atoms with Crippen LogP contribution in [0.3, 0.4) is 0 Å². The van der Waals surface area contributed by atoms with Gasteiger partial charge in [-0.3, -0.25) is 0 Å². The van der Waals surface area contributed by atoms with Gasteiger partial charge in [-0.05, 0) is 50.3 Å². The molecule has 1 atom stereocenters. The fourth-order valence-corrected chi connectivity index (χ4v) is 3.38. The molecule has 0 amide bonds. The molecule has 2 heterocycles. The SMILES string of the molecule is CCN1CCCC(n2c(=S)[nH]c3ccc(F)c(F)c32)C1. The van der Waals surface area contributed by atoms with Crippen LogP contribution < -0.4 is 0 Å². The van der Waals surface area contributed by atoms with E-state index in [1.165, 1.54) is 0 Å². The maximum Gasteiger partial charge on any atom is 0.184 e. The van der Waals surface area contributed by atoms with Crippen molar-refractivity contribution >= 4 is 23.3 Å². The van der Waals surface area contributed by atoms with E-state index in [0.29, 0.717) is 10.3 Å². The number of likely N-dealkylation sites (N-methyl/N-ethyl adjacent to an activating group) is 1. The number of H-pyrrole nitrogens is 1. The van der Waals surface area contributed by atoms with Crippen molar-refractivity contribution in [1.82, 2.24) is 14.5 Å². The number of halogens is 2. The van der Waals surface area contributed by atoms with Gasteiger partial charge in [-0.2, -0.15) is 0 Å². The van der Waals surface area contributed by atoms with E-state index in [-0.39, 0.29) is 11.6 Å². The number of piperidine rings is 1. The Balaban J connectivity index is 2.13. The molecule has 108 valence electrons. The Morgan fingerprint density at radius 3 is 2.95 bits per heavy atom. The zero-order chi connectivity index (χ0) is 14.3. The van der Waals surface area contributed by atoms with Crippen LogP contribution in [0.4, 0.5) is 8.78 Å². The molecule has 0 saturated carbocycles. The summed E-state index contributed by atoms with van der Waals surface area (Å²) in [5.74, 6) is -1.65. The first-order chi connectivity index (χ1) is 9.61. The minimum Gasteiger partial charge on any atom is -0.330 e. The summed E-state index contributed by atoms with van der Waals surface area (Å²) in [7, 11) is 0. The van der Waals surface area contributed by atoms with Crippen molar-refractivity contribution in [3.63, 3.8) is 0 Å². The number of fused-ring (bicyclic) bond motifs is 1. The number of imidazole rings is 1. The zero-order valence-electron chi connectivity index (χ0n) is 11.3. The highest BCUT2D eigenvalue weighted by molar-refractivity contribution is 7.71. The fourth-order valence-electron chi connectivity index (χ4n) is 3.03. The highest BCUT2D eigenvalue weighted by atomic mass is 32.1. The number of likely N-dealkylation sites (tertiary alicyclic amines) is 1. The minimum absolute atomic E-state index is 0.0984. The number of hydrogen-bond donors (Lipinski definition) is 1. The van der Waals surface area contributed by atoms with E-state index in [1.807, 2.05) is 0 Å². The molecule has 6 heteroatoms. The quantitative estimate of drug-likeness (QED) is 0.856. The highest BCUT2D eigenvalue weighted by Crippen LogP contribution is 2.28. The summed E-state index contributed by atoms with van der Waals surface area (Å²) in [4.78, 5) is 5.29. The van der Waals surface area contributed by atoms with Gasteiger partial charge in [0, 0.05) is 12.6 Å². The Kier molecular flexibility index (Phi) is 3.60. The monoisotopic (exact) mass is 297 g/mol. The van der Waals surface area contributed by atoms with Gasteiger partial charge in [0.1, 0.15) is 5.52 Å². The summed E-state index contributed by atoms with van der Waals surface area (Å²) in [5.41, 5.74) is 0.820. The molecule has 1 aromatic heterocycles. The number of benzene rings is 1. The van der Waals surface area contributed by atoms with Crippen LogP contribution in [0.5, 0.6) is 0 Å². The molecule has 1 saturated heterocycles. The standard InChI is InChI=1S/C14H17F2N3S/c1-2-18-7-3-4-9(8-18)19-13-11(17-14(19)20)6-5-10(15)12(13)16/h5-6,9H,2-4,7-8H2,1H3,(H,17,20). The summed E-state index contributed by atoms with van der Waals surface area (Å²) < 4.78 is 29.9. The molecule has 1 aliphatic rings. The first kappa shape index (κ1) is 13.7. The second kappa shape index (κ2) is 5.26. The maximum absolute atomic E-state index is 14.1. The van der Waals surface area contributed by atoms with Crippen molar-refractivity contribution in [3.05, 3.63) is 28.5 Å². The predicted molar refractivity (Wildman–Crippen MR) is 77.4 cm³/mol. The molecule has 1 aromatic carbocycles. The van der Waals surface area contributed by atoms with E-state index in [0.717, 1.165) is 38.5 Å². The molecule has 3 rings (SSSR count). The lowest BCUT2D eigenvalue weighted by molar-refractivity contribution is 0.186. The van der Waals surface area contributed by atoms with E-state index in [4.69, 9.17) is 12.2 Å². The summed E-state index contributed by atoms with van der Waals surface area (Å²) in [5, 5.41) is 0. The van der Waals surface area contributed by atoms with Gasteiger partial charge in [-0.15, -0.1) is 0 Å². The average Bonchev–Trinajstić information content (AvgIpc) is 2.80. The summed E-state index contributed by atoms with van der Waals surface area (Å²) in [6.07, 6.45) is 1.98. The third-order valence-corrected chi connectivity index (χ3v) is 4.36. The van der Waals surface area contributed by atoms with E-state index in [1.54, 1.807) is 10.6 Å². The van der Waals surface area contributed by atoms with Crippen molar-refractivity contribution in [2.24, 2.45) is 0 Å². The number of aromatic amines is 1. The normalized spacial score (nSPS) is 20.6. The van der Waals surface area contributed by atoms with Crippen LogP contribution in [-0.2, 0) is 0 Å². The van der Waals surface area contributed by atoms with Crippen LogP contribution in [-0.4, -0.2) is 34.1 Å². The molecular weight excluding hydrogens is 280 g/mol. The average molecular weight is 297 g/mol. The van der Waals surface area contributed by atoms with Gasteiger partial charge in [0.2, 0.25) is 0 Å². The first-order valence-electron chi connectivity index (χ1n) is 6.92. The topological polar surface area (TPSA) is 24.0 Å². The number of hydrogen-bond acceptors (Lipinski definition) is 2. The summed E-state index contributed by atoms with van der Waals surface area (Å²) in [6.45, 7) is 4.95. The lowest BCUT2D eigenvalue weighted by Gasteiger charge is -2.32. The molecular formula is C14H17F2N3S. The maximum atomic E-state index is 14.1. The third-order valence-electron chi connectivity index (χ3n) is 4.06. The molecule has 1 N–H and O–H groups in total. The van der Waals surface area contributed by atoms with E-state index in [2.05, 4.69) is 16.8 Å². The number of rotatable bonds is 2. The molecule has 1 unspecified atom stereocenters. The van der Waals surface area contributed by atoms with Gasteiger partial charge in [0.15, 0.2) is 16.4 Å². The molecule has 3 nitrogen and oxygen atoms in total. The van der Waals surface area contributed by atoms with Crippen LogP contribution in [0.1, 0.15) is 25.8 Å². The summed E-state index contributed by atoms with van der Waals surface area (Å²) >= 11 is 5.31. The van der Waals surface area contributed by atoms with Crippen molar-refractivity contribution < 1.29 is 8.78 Å². The summed E-state index contributed by atoms with van der Waals surface area (Å²) in [6, 6.07) is 2.77. The molecule has 0 aliphatic carbocycles. The van der Waals surface area contributed by atoms with E-state index < -0.39 is 11.6 Å². The molecule has 2 aromatic rings. The smallest absolute Gasteiger partial charge is 0.184 e. The largest absolute Gasteiger partial charge is 0.330 e. The molecule has 20 heavy (non-hydrogen) atoms. The Morgan fingerprint density at radius 2 is 2.20 bits per heavy atom. The zero-order valence-corrected chi connectivity index (χ0v) is 12.1. The van der Waals surface area contributed by atoms with Crippen LogP contribution in [0.25, 0.3) is 11.0 Å². The van der Waals surface area contributed by atoms with Crippen molar-refractivity contribution in [1.29, 1.82) is 0 Å². The Hall–Kier alpha value is -1.27. The molecule has 1 aliphatic heterocycles. The first-order valence-corrected chi connectivity index (χ1v) is 7.33. The van der Waals surface area contributed by atoms with Gasteiger partial charge >= 0.3 is 0 Å². The Bertz CT molecular complexity index is 692. The predicted octanol–water partition coefficient (Wildman–Crippen LogP) is 3.63. The van der Waals surface area contributed by atoms with Crippen LogP contribution in [0, 0.1) is 16.4 Å². The van der Waals surface area contributed by atoms with Gasteiger partial charge in [-0.25, -0.2) is 8.78 Å². The van der Waals surface area contributed by atoms with Crippen molar-refractivity contribution in [3.8, 4) is 0 Å². The lowest BCUT2D eigenvalue weighted by atomic mass is 10.1. The number of aromatic nitrogens is 2. The van der Waals surface area contributed by atoms with Crippen LogP contribution >= 0.6 is 12.2 Å². The van der Waals surface area contributed by atoms with Gasteiger partial charge in [0.25, 0.3) is 0 Å². The second-order valence-corrected chi connectivity index (χ2v) is 5.63. The van der Waals surface area contributed by atoms with Gasteiger partial charge < -0.3 is 14.5 Å². The van der Waals surface area contributed by atoms with Crippen molar-refractivity contribution in [2.45, 2.75) is 25.8 Å². The fraction of sp³-hybridized carbons (Fsp3) is 0.500. The number of nitrogens with zero attached hydrogens (tertiary/aromatic N) is 2. The molecule has 0 spiro atoms. The van der Waals surface area contributed by atoms with E-state index in [9.17, 15) is 8.78 Å².